The van der Waals surface area contributed by atoms with Gasteiger partial charge in [0, 0.05) is 5.92 Å². The maximum atomic E-state index is 11.5. The first-order chi connectivity index (χ1) is 6.07. The first-order valence-electron chi connectivity index (χ1n) is 4.61. The van der Waals surface area contributed by atoms with Gasteiger partial charge >= 0.3 is 0 Å². The molecular formula is C10H13NO2. The van der Waals surface area contributed by atoms with Crippen molar-refractivity contribution in [2.24, 2.45) is 22.4 Å². The SMILES string of the molecule is CC1(C)C2CC1C(CN=O)=CC2=O. The number of hydrogen-bond acceptors (Lipinski definition) is 3. The number of allylic oxidation sites excluding steroid dienone is 1. The van der Waals surface area contributed by atoms with Gasteiger partial charge in [-0.3, -0.25) is 4.79 Å². The summed E-state index contributed by atoms with van der Waals surface area (Å²) in [6.07, 6.45) is 2.55. The highest BCUT2D eigenvalue weighted by Gasteiger charge is 2.55. The van der Waals surface area contributed by atoms with Crippen LogP contribution in [0.5, 0.6) is 0 Å². The summed E-state index contributed by atoms with van der Waals surface area (Å²) < 4.78 is 0. The Morgan fingerprint density at radius 2 is 2.23 bits per heavy atom. The molecule has 0 radical (unpaired) electrons. The quantitative estimate of drug-likeness (QED) is 0.608. The molecule has 2 bridgehead atoms. The highest BCUT2D eigenvalue weighted by atomic mass is 16.3. The molecule has 0 aliphatic heterocycles. The molecule has 3 aliphatic carbocycles. The number of nitrogens with zero attached hydrogens (tertiary/aromatic N) is 1. The van der Waals surface area contributed by atoms with Crippen molar-refractivity contribution in [2.45, 2.75) is 20.3 Å². The average molecular weight is 179 g/mol. The summed E-state index contributed by atoms with van der Waals surface area (Å²) in [5.74, 6) is 0.784. The Kier molecular flexibility index (Phi) is 1.65. The molecule has 3 aliphatic rings. The minimum Gasteiger partial charge on any atom is -0.295 e. The van der Waals surface area contributed by atoms with Crippen molar-refractivity contribution in [2.75, 3.05) is 6.54 Å². The molecule has 0 heterocycles. The van der Waals surface area contributed by atoms with Crippen LogP contribution in [0.1, 0.15) is 20.3 Å². The largest absolute Gasteiger partial charge is 0.295 e. The Hall–Kier alpha value is -0.990. The Balaban J connectivity index is 2.31. The van der Waals surface area contributed by atoms with Crippen LogP contribution >= 0.6 is 0 Å². The highest BCUT2D eigenvalue weighted by Crippen LogP contribution is 2.57. The van der Waals surface area contributed by atoms with Crippen LogP contribution in [0.15, 0.2) is 16.8 Å². The standard InChI is InChI=1S/C10H13NO2/c1-10(2)7-4-8(10)9(12)3-6(7)5-11-13/h3,7-8H,4-5H2,1-2H3. The Bertz CT molecular complexity index is 304. The van der Waals surface area contributed by atoms with E-state index in [2.05, 4.69) is 19.0 Å². The molecule has 1 saturated carbocycles. The van der Waals surface area contributed by atoms with Gasteiger partial charge in [-0.2, -0.15) is 4.91 Å². The van der Waals surface area contributed by atoms with Gasteiger partial charge in [-0.15, -0.1) is 0 Å². The Morgan fingerprint density at radius 3 is 2.69 bits per heavy atom. The zero-order valence-electron chi connectivity index (χ0n) is 7.91. The van der Waals surface area contributed by atoms with Crippen LogP contribution < -0.4 is 0 Å². The molecule has 3 heteroatoms. The number of ketones is 1. The van der Waals surface area contributed by atoms with Gasteiger partial charge in [-0.1, -0.05) is 19.0 Å². The lowest BCUT2D eigenvalue weighted by molar-refractivity contribution is -0.133. The summed E-state index contributed by atoms with van der Waals surface area (Å²) in [5, 5.41) is 2.86. The lowest BCUT2D eigenvalue weighted by Crippen LogP contribution is -2.52. The van der Waals surface area contributed by atoms with Crippen LogP contribution in [0.25, 0.3) is 0 Å². The predicted octanol–water partition coefficient (Wildman–Crippen LogP) is 1.92. The monoisotopic (exact) mass is 179 g/mol. The number of carbonyl (C=O) groups excluding carboxylic acids is 1. The molecule has 0 spiro atoms. The molecule has 3 nitrogen and oxygen atoms in total. The molecule has 0 aromatic rings. The summed E-state index contributed by atoms with van der Waals surface area (Å²) in [7, 11) is 0. The predicted molar refractivity (Wildman–Crippen MR) is 49.1 cm³/mol. The van der Waals surface area contributed by atoms with E-state index in [0.29, 0.717) is 5.92 Å². The number of carbonyl (C=O) groups is 1. The molecule has 2 atom stereocenters. The number of rotatable bonds is 2. The summed E-state index contributed by atoms with van der Waals surface area (Å²) >= 11 is 0. The summed E-state index contributed by atoms with van der Waals surface area (Å²) in [6.45, 7) is 4.38. The van der Waals surface area contributed by atoms with E-state index in [1.54, 1.807) is 6.08 Å². The molecule has 13 heavy (non-hydrogen) atoms. The normalized spacial score (nSPS) is 34.9. The number of fused-ring (bicyclic) bond motifs is 1. The fourth-order valence-corrected chi connectivity index (χ4v) is 2.65. The summed E-state index contributed by atoms with van der Waals surface area (Å²) in [6, 6.07) is 0. The third-order valence-corrected chi connectivity index (χ3v) is 3.63. The second kappa shape index (κ2) is 2.50. The van der Waals surface area contributed by atoms with E-state index in [9.17, 15) is 9.70 Å². The van der Waals surface area contributed by atoms with Gasteiger partial charge in [-0.25, -0.2) is 0 Å². The van der Waals surface area contributed by atoms with Gasteiger partial charge in [0.25, 0.3) is 0 Å². The van der Waals surface area contributed by atoms with Gasteiger partial charge in [0.15, 0.2) is 5.78 Å². The third kappa shape index (κ3) is 0.992. The molecule has 3 rings (SSSR count). The number of nitroso groups, excluding NO2 is 1. The second-order valence-corrected chi connectivity index (χ2v) is 4.57. The van der Waals surface area contributed by atoms with Gasteiger partial charge < -0.3 is 0 Å². The van der Waals surface area contributed by atoms with Crippen molar-refractivity contribution < 1.29 is 4.79 Å². The molecule has 70 valence electrons. The average Bonchev–Trinajstić information content (AvgIpc) is 2.03. The van der Waals surface area contributed by atoms with Gasteiger partial charge in [0.2, 0.25) is 0 Å². The smallest absolute Gasteiger partial charge is 0.159 e. The molecule has 0 saturated heterocycles. The molecular weight excluding hydrogens is 166 g/mol. The summed E-state index contributed by atoms with van der Waals surface area (Å²) in [4.78, 5) is 21.7. The van der Waals surface area contributed by atoms with E-state index in [-0.39, 0.29) is 23.7 Å². The lowest BCUT2D eigenvalue weighted by atomic mass is 9.48. The molecule has 0 aromatic carbocycles. The van der Waals surface area contributed by atoms with Crippen LogP contribution in [0.2, 0.25) is 0 Å². The molecule has 0 amide bonds. The molecule has 1 fully saturated rings. The fraction of sp³-hybridized carbons (Fsp3) is 0.700. The van der Waals surface area contributed by atoms with E-state index in [1.165, 1.54) is 0 Å². The van der Waals surface area contributed by atoms with Crippen molar-refractivity contribution in [3.05, 3.63) is 16.6 Å². The van der Waals surface area contributed by atoms with Gasteiger partial charge in [0.1, 0.15) is 6.54 Å². The van der Waals surface area contributed by atoms with Crippen molar-refractivity contribution in [3.8, 4) is 0 Å². The van der Waals surface area contributed by atoms with E-state index < -0.39 is 0 Å². The van der Waals surface area contributed by atoms with Crippen molar-refractivity contribution >= 4 is 5.78 Å². The molecule has 0 N–H and O–H groups in total. The highest BCUT2D eigenvalue weighted by molar-refractivity contribution is 5.96. The zero-order valence-corrected chi connectivity index (χ0v) is 7.91. The van der Waals surface area contributed by atoms with Crippen LogP contribution in [0.4, 0.5) is 0 Å². The van der Waals surface area contributed by atoms with E-state index >= 15 is 0 Å². The molecule has 2 unspecified atom stereocenters. The van der Waals surface area contributed by atoms with Gasteiger partial charge in [-0.05, 0) is 29.4 Å². The van der Waals surface area contributed by atoms with Crippen LogP contribution in [-0.2, 0) is 4.79 Å². The maximum absolute atomic E-state index is 11.5. The van der Waals surface area contributed by atoms with E-state index in [1.807, 2.05) is 0 Å². The maximum Gasteiger partial charge on any atom is 0.159 e. The number of hydrogen-bond donors (Lipinski definition) is 0. The van der Waals surface area contributed by atoms with E-state index in [0.717, 1.165) is 12.0 Å². The summed E-state index contributed by atoms with van der Waals surface area (Å²) in [5.41, 5.74) is 0.999. The van der Waals surface area contributed by atoms with Crippen molar-refractivity contribution in [1.29, 1.82) is 0 Å². The van der Waals surface area contributed by atoms with Gasteiger partial charge in [0.05, 0.1) is 0 Å². The van der Waals surface area contributed by atoms with Crippen molar-refractivity contribution in [1.82, 2.24) is 0 Å². The third-order valence-electron chi connectivity index (χ3n) is 3.63. The Morgan fingerprint density at radius 1 is 1.54 bits per heavy atom. The van der Waals surface area contributed by atoms with Crippen LogP contribution in [-0.4, -0.2) is 12.3 Å². The van der Waals surface area contributed by atoms with Crippen LogP contribution in [0, 0.1) is 22.2 Å². The minimum atomic E-state index is 0.0614. The van der Waals surface area contributed by atoms with Crippen molar-refractivity contribution in [3.63, 3.8) is 0 Å². The second-order valence-electron chi connectivity index (χ2n) is 4.57. The Labute approximate surface area is 77.2 Å². The fourth-order valence-electron chi connectivity index (χ4n) is 2.65. The topological polar surface area (TPSA) is 46.5 Å². The minimum absolute atomic E-state index is 0.0614. The van der Waals surface area contributed by atoms with E-state index in [4.69, 9.17) is 0 Å². The zero-order chi connectivity index (χ0) is 9.64. The first-order valence-corrected chi connectivity index (χ1v) is 4.61. The lowest BCUT2D eigenvalue weighted by Gasteiger charge is -2.54. The first kappa shape index (κ1) is 8.60. The van der Waals surface area contributed by atoms with Crippen LogP contribution in [0.3, 0.4) is 0 Å². The molecule has 0 aromatic heterocycles.